The van der Waals surface area contributed by atoms with Crippen molar-refractivity contribution in [2.24, 2.45) is 0 Å². The molecule has 2 heterocycles. The second-order valence-corrected chi connectivity index (χ2v) is 5.78. The quantitative estimate of drug-likeness (QED) is 0.686. The van der Waals surface area contributed by atoms with Crippen LogP contribution in [0.15, 0.2) is 0 Å². The first-order valence-corrected chi connectivity index (χ1v) is 6.98. The Labute approximate surface area is 118 Å². The highest BCUT2D eigenvalue weighted by Gasteiger charge is 2.52. The van der Waals surface area contributed by atoms with Crippen molar-refractivity contribution in [1.29, 1.82) is 0 Å². The molecular weight excluding hydrogens is 260 g/mol. The molecule has 1 atom stereocenters. The van der Waals surface area contributed by atoms with E-state index in [0.29, 0.717) is 13.0 Å². The average Bonchev–Trinajstić information content (AvgIpc) is 2.63. The van der Waals surface area contributed by atoms with E-state index in [1.165, 1.54) is 4.90 Å². The first-order valence-electron chi connectivity index (χ1n) is 6.98. The third kappa shape index (κ3) is 2.49. The number of nitrogens with zero attached hydrogens (tertiary/aromatic N) is 2. The van der Waals surface area contributed by atoms with E-state index in [-0.39, 0.29) is 24.4 Å². The molecule has 4 amide bonds. The van der Waals surface area contributed by atoms with Crippen molar-refractivity contribution in [3.05, 3.63) is 0 Å². The van der Waals surface area contributed by atoms with E-state index in [0.717, 1.165) is 17.9 Å². The zero-order valence-corrected chi connectivity index (χ0v) is 12.2. The number of rotatable bonds is 3. The fourth-order valence-corrected chi connectivity index (χ4v) is 2.55. The average molecular weight is 282 g/mol. The van der Waals surface area contributed by atoms with Crippen molar-refractivity contribution in [1.82, 2.24) is 20.4 Å². The summed E-state index contributed by atoms with van der Waals surface area (Å²) in [6, 6.07) is -0.433. The number of piperidine rings is 1. The first kappa shape index (κ1) is 14.8. The Kier molecular flexibility index (Phi) is 3.99. The molecule has 7 nitrogen and oxygen atoms in total. The summed E-state index contributed by atoms with van der Waals surface area (Å²) in [5.74, 6) is -0.524. The first-order chi connectivity index (χ1) is 9.37. The molecule has 0 aromatic carbocycles. The second-order valence-electron chi connectivity index (χ2n) is 5.78. The molecule has 2 fully saturated rings. The van der Waals surface area contributed by atoms with Crippen molar-refractivity contribution in [3.8, 4) is 0 Å². The molecule has 0 aliphatic carbocycles. The maximum atomic E-state index is 12.5. The largest absolute Gasteiger partial charge is 0.342 e. The van der Waals surface area contributed by atoms with Crippen molar-refractivity contribution in [2.75, 3.05) is 26.7 Å². The molecule has 2 N–H and O–H groups in total. The summed E-state index contributed by atoms with van der Waals surface area (Å²) in [5, 5.41) is 5.87. The van der Waals surface area contributed by atoms with Gasteiger partial charge >= 0.3 is 6.03 Å². The van der Waals surface area contributed by atoms with Gasteiger partial charge < -0.3 is 15.5 Å². The molecule has 0 aromatic heterocycles. The maximum absolute atomic E-state index is 12.5. The molecule has 112 valence electrons. The number of amides is 4. The molecule has 0 bridgehead atoms. The summed E-state index contributed by atoms with van der Waals surface area (Å²) in [6.07, 6.45) is 1.45. The van der Waals surface area contributed by atoms with Crippen LogP contribution in [-0.2, 0) is 9.59 Å². The number of urea groups is 1. The molecule has 2 aliphatic heterocycles. The van der Waals surface area contributed by atoms with E-state index in [2.05, 4.69) is 10.6 Å². The topological polar surface area (TPSA) is 81.8 Å². The lowest BCUT2D eigenvalue weighted by molar-refractivity contribution is -0.139. The molecule has 2 aliphatic rings. The highest BCUT2D eigenvalue weighted by atomic mass is 16.2. The lowest BCUT2D eigenvalue weighted by Crippen LogP contribution is -2.57. The van der Waals surface area contributed by atoms with Crippen LogP contribution in [0.3, 0.4) is 0 Å². The summed E-state index contributed by atoms with van der Waals surface area (Å²) in [5.41, 5.74) is -0.855. The van der Waals surface area contributed by atoms with Gasteiger partial charge in [-0.1, -0.05) is 0 Å². The van der Waals surface area contributed by atoms with Gasteiger partial charge in [0.2, 0.25) is 5.91 Å². The van der Waals surface area contributed by atoms with Crippen molar-refractivity contribution >= 4 is 17.8 Å². The summed E-state index contributed by atoms with van der Waals surface area (Å²) in [7, 11) is 1.67. The van der Waals surface area contributed by atoms with Gasteiger partial charge in [0, 0.05) is 19.6 Å². The summed E-state index contributed by atoms with van der Waals surface area (Å²) < 4.78 is 0. The number of nitrogens with one attached hydrogen (secondary N) is 2. The zero-order chi connectivity index (χ0) is 14.9. The molecule has 1 spiro atoms. The Morgan fingerprint density at radius 1 is 1.45 bits per heavy atom. The number of hydrogen-bond donors (Lipinski definition) is 2. The molecule has 2 saturated heterocycles. The van der Waals surface area contributed by atoms with E-state index in [1.807, 2.05) is 13.8 Å². The Morgan fingerprint density at radius 2 is 2.15 bits per heavy atom. The SMILES string of the molecule is CC(C)N(C)C(=O)CN1C(=O)NC2(CCCNC2)C1=O. The fraction of sp³-hybridized carbons (Fsp3) is 0.769. The second kappa shape index (κ2) is 5.40. The molecule has 0 saturated carbocycles. The van der Waals surface area contributed by atoms with E-state index in [9.17, 15) is 14.4 Å². The van der Waals surface area contributed by atoms with Gasteiger partial charge in [-0.15, -0.1) is 0 Å². The number of carbonyl (C=O) groups is 3. The summed E-state index contributed by atoms with van der Waals surface area (Å²) in [4.78, 5) is 39.0. The van der Waals surface area contributed by atoms with E-state index < -0.39 is 11.6 Å². The van der Waals surface area contributed by atoms with Gasteiger partial charge in [-0.3, -0.25) is 14.5 Å². The highest BCUT2D eigenvalue weighted by molar-refractivity contribution is 6.09. The Bertz CT molecular complexity index is 429. The molecular formula is C13H22N4O3. The van der Waals surface area contributed by atoms with Gasteiger partial charge in [-0.2, -0.15) is 0 Å². The van der Waals surface area contributed by atoms with Crippen molar-refractivity contribution in [2.45, 2.75) is 38.3 Å². The molecule has 2 rings (SSSR count). The van der Waals surface area contributed by atoms with E-state index in [4.69, 9.17) is 0 Å². The number of imide groups is 1. The van der Waals surface area contributed by atoms with Crippen LogP contribution in [0.2, 0.25) is 0 Å². The van der Waals surface area contributed by atoms with Crippen LogP contribution in [0.1, 0.15) is 26.7 Å². The van der Waals surface area contributed by atoms with Crippen LogP contribution >= 0.6 is 0 Å². The highest BCUT2D eigenvalue weighted by Crippen LogP contribution is 2.24. The normalized spacial score (nSPS) is 26.3. The van der Waals surface area contributed by atoms with Gasteiger partial charge in [-0.05, 0) is 33.2 Å². The number of carbonyl (C=O) groups excluding carboxylic acids is 3. The van der Waals surface area contributed by atoms with Crippen LogP contribution in [0, 0.1) is 0 Å². The number of likely N-dealkylation sites (N-methyl/N-ethyl adjacent to an activating group) is 1. The predicted octanol–water partition coefficient (Wildman–Crippen LogP) is -0.473. The molecule has 20 heavy (non-hydrogen) atoms. The Hall–Kier alpha value is -1.63. The minimum Gasteiger partial charge on any atom is -0.342 e. The summed E-state index contributed by atoms with van der Waals surface area (Å²) >= 11 is 0. The van der Waals surface area contributed by atoms with Crippen LogP contribution in [-0.4, -0.2) is 65.9 Å². The Balaban J connectivity index is 2.08. The van der Waals surface area contributed by atoms with E-state index >= 15 is 0 Å². The van der Waals surface area contributed by atoms with Gasteiger partial charge in [0.25, 0.3) is 5.91 Å². The van der Waals surface area contributed by atoms with Crippen LogP contribution in [0.25, 0.3) is 0 Å². The lowest BCUT2D eigenvalue weighted by atomic mass is 9.90. The van der Waals surface area contributed by atoms with Gasteiger partial charge in [0.1, 0.15) is 12.1 Å². The lowest BCUT2D eigenvalue weighted by Gasteiger charge is -2.31. The maximum Gasteiger partial charge on any atom is 0.325 e. The van der Waals surface area contributed by atoms with Gasteiger partial charge in [0.05, 0.1) is 0 Å². The van der Waals surface area contributed by atoms with Gasteiger partial charge in [0.15, 0.2) is 0 Å². The third-order valence-electron chi connectivity index (χ3n) is 4.09. The molecule has 7 heteroatoms. The van der Waals surface area contributed by atoms with Crippen molar-refractivity contribution in [3.63, 3.8) is 0 Å². The third-order valence-corrected chi connectivity index (χ3v) is 4.09. The minimum absolute atomic E-state index is 0.0357. The Morgan fingerprint density at radius 3 is 2.70 bits per heavy atom. The standard InChI is InChI=1S/C13H22N4O3/c1-9(2)16(3)10(18)7-17-11(19)13(15-12(17)20)5-4-6-14-8-13/h9,14H,4-8H2,1-3H3,(H,15,20). The molecule has 1 unspecified atom stereocenters. The van der Waals surface area contributed by atoms with Crippen LogP contribution in [0.4, 0.5) is 4.79 Å². The van der Waals surface area contributed by atoms with E-state index in [1.54, 1.807) is 7.05 Å². The van der Waals surface area contributed by atoms with Crippen LogP contribution in [0.5, 0.6) is 0 Å². The smallest absolute Gasteiger partial charge is 0.325 e. The van der Waals surface area contributed by atoms with Crippen molar-refractivity contribution < 1.29 is 14.4 Å². The monoisotopic (exact) mass is 282 g/mol. The minimum atomic E-state index is -0.855. The van der Waals surface area contributed by atoms with Crippen LogP contribution < -0.4 is 10.6 Å². The van der Waals surface area contributed by atoms with Gasteiger partial charge in [-0.25, -0.2) is 4.79 Å². The molecule has 0 aromatic rings. The fourth-order valence-electron chi connectivity index (χ4n) is 2.55. The predicted molar refractivity (Wildman–Crippen MR) is 73.0 cm³/mol. The summed E-state index contributed by atoms with van der Waals surface area (Å²) in [6.45, 7) is 4.86. The zero-order valence-electron chi connectivity index (χ0n) is 12.2. The number of hydrogen-bond acceptors (Lipinski definition) is 4. The molecule has 0 radical (unpaired) electrons.